The van der Waals surface area contributed by atoms with Crippen LogP contribution in [0.25, 0.3) is 0 Å². The van der Waals surface area contributed by atoms with Gasteiger partial charge < -0.3 is 14.4 Å². The van der Waals surface area contributed by atoms with Crippen LogP contribution >= 0.6 is 11.6 Å². The highest BCUT2D eigenvalue weighted by Gasteiger charge is 2.39. The second-order valence-corrected chi connectivity index (χ2v) is 6.63. The highest BCUT2D eigenvalue weighted by Crippen LogP contribution is 2.28. The summed E-state index contributed by atoms with van der Waals surface area (Å²) in [6.07, 6.45) is 0.757. The van der Waals surface area contributed by atoms with Gasteiger partial charge >= 0.3 is 0 Å². The predicted molar refractivity (Wildman–Crippen MR) is 74.3 cm³/mol. The minimum Gasteiger partial charge on any atom is -0.381 e. The molecule has 0 bridgehead atoms. The number of alkyl halides is 1. The number of amides is 1. The Hall–Kier alpha value is -0.320. The minimum atomic E-state index is -0.318. The molecule has 0 aromatic carbocycles. The van der Waals surface area contributed by atoms with Gasteiger partial charge in [-0.2, -0.15) is 0 Å². The summed E-state index contributed by atoms with van der Waals surface area (Å²) < 4.78 is 11.3. The van der Waals surface area contributed by atoms with E-state index in [1.165, 1.54) is 0 Å². The standard InChI is InChI=1S/C14H24ClNO3/c1-10-8-18-5-4-12(10)13(17)16-7-11(6-15)19-14(2,3)9-16/h10-12H,4-9H2,1-3H3. The van der Waals surface area contributed by atoms with Gasteiger partial charge in [0.1, 0.15) is 0 Å². The number of rotatable bonds is 2. The first-order valence-corrected chi connectivity index (χ1v) is 7.57. The molecule has 0 spiro atoms. The Balaban J connectivity index is 2.05. The zero-order valence-corrected chi connectivity index (χ0v) is 12.8. The SMILES string of the molecule is CC1COCCC1C(=O)N1CC(CCl)OC(C)(C)C1. The molecule has 2 heterocycles. The number of halogens is 1. The van der Waals surface area contributed by atoms with Crippen molar-refractivity contribution in [3.8, 4) is 0 Å². The molecule has 2 saturated heterocycles. The Morgan fingerprint density at radius 1 is 1.47 bits per heavy atom. The number of nitrogens with zero attached hydrogens (tertiary/aromatic N) is 1. The molecule has 110 valence electrons. The van der Waals surface area contributed by atoms with Gasteiger partial charge in [-0.1, -0.05) is 6.92 Å². The van der Waals surface area contributed by atoms with E-state index in [-0.39, 0.29) is 23.5 Å². The molecule has 0 saturated carbocycles. The van der Waals surface area contributed by atoms with Crippen LogP contribution in [0, 0.1) is 11.8 Å². The molecule has 0 aromatic heterocycles. The van der Waals surface area contributed by atoms with E-state index in [0.717, 1.165) is 6.42 Å². The van der Waals surface area contributed by atoms with Crippen molar-refractivity contribution in [1.29, 1.82) is 0 Å². The summed E-state index contributed by atoms with van der Waals surface area (Å²) in [5.74, 6) is 1.04. The lowest BCUT2D eigenvalue weighted by molar-refractivity contribution is -0.165. The largest absolute Gasteiger partial charge is 0.381 e. The Kier molecular flexibility index (Phi) is 4.75. The summed E-state index contributed by atoms with van der Waals surface area (Å²) in [7, 11) is 0. The molecule has 0 aliphatic carbocycles. The molecule has 2 aliphatic heterocycles. The van der Waals surface area contributed by atoms with Gasteiger partial charge in [0, 0.05) is 32.2 Å². The Morgan fingerprint density at radius 3 is 2.84 bits per heavy atom. The Labute approximate surface area is 120 Å². The molecule has 0 N–H and O–H groups in total. The van der Waals surface area contributed by atoms with Crippen LogP contribution in [0.4, 0.5) is 0 Å². The van der Waals surface area contributed by atoms with Crippen LogP contribution in [0.2, 0.25) is 0 Å². The van der Waals surface area contributed by atoms with Gasteiger partial charge in [0.05, 0.1) is 17.6 Å². The molecule has 3 unspecified atom stereocenters. The normalized spacial score (nSPS) is 35.2. The van der Waals surface area contributed by atoms with Gasteiger partial charge in [0.2, 0.25) is 5.91 Å². The van der Waals surface area contributed by atoms with Crippen molar-refractivity contribution in [2.75, 3.05) is 32.2 Å². The molecule has 2 fully saturated rings. The fourth-order valence-corrected chi connectivity index (χ4v) is 3.19. The quantitative estimate of drug-likeness (QED) is 0.729. The van der Waals surface area contributed by atoms with Gasteiger partial charge in [-0.05, 0) is 26.2 Å². The molecule has 19 heavy (non-hydrogen) atoms. The smallest absolute Gasteiger partial charge is 0.226 e. The van der Waals surface area contributed by atoms with Gasteiger partial charge in [0.25, 0.3) is 0 Å². The lowest BCUT2D eigenvalue weighted by atomic mass is 9.88. The molecule has 5 heteroatoms. The molecule has 0 radical (unpaired) electrons. The maximum atomic E-state index is 12.7. The summed E-state index contributed by atoms with van der Waals surface area (Å²) in [5, 5.41) is 0. The highest BCUT2D eigenvalue weighted by atomic mass is 35.5. The van der Waals surface area contributed by atoms with Crippen LogP contribution in [-0.4, -0.2) is 54.7 Å². The number of hydrogen-bond donors (Lipinski definition) is 0. The topological polar surface area (TPSA) is 38.8 Å². The minimum absolute atomic E-state index is 0.0653. The summed E-state index contributed by atoms with van der Waals surface area (Å²) in [4.78, 5) is 14.6. The first kappa shape index (κ1) is 15.1. The van der Waals surface area contributed by atoms with Crippen molar-refractivity contribution in [2.45, 2.75) is 38.9 Å². The Bertz CT molecular complexity index is 335. The van der Waals surface area contributed by atoms with E-state index in [1.54, 1.807) is 0 Å². The van der Waals surface area contributed by atoms with Gasteiger partial charge in [-0.25, -0.2) is 0 Å². The maximum Gasteiger partial charge on any atom is 0.226 e. The van der Waals surface area contributed by atoms with E-state index in [2.05, 4.69) is 6.92 Å². The lowest BCUT2D eigenvalue weighted by Crippen LogP contribution is -2.57. The van der Waals surface area contributed by atoms with Crippen molar-refractivity contribution in [1.82, 2.24) is 4.90 Å². The molecule has 2 aliphatic rings. The molecule has 2 rings (SSSR count). The second kappa shape index (κ2) is 5.98. The lowest BCUT2D eigenvalue weighted by Gasteiger charge is -2.44. The molecular formula is C14H24ClNO3. The van der Waals surface area contributed by atoms with E-state index < -0.39 is 0 Å². The fraction of sp³-hybridized carbons (Fsp3) is 0.929. The van der Waals surface area contributed by atoms with Crippen molar-refractivity contribution in [3.63, 3.8) is 0 Å². The van der Waals surface area contributed by atoms with Gasteiger partial charge in [-0.3, -0.25) is 4.79 Å². The fourth-order valence-electron chi connectivity index (χ4n) is 3.03. The third-order valence-corrected chi connectivity index (χ3v) is 4.27. The summed E-state index contributed by atoms with van der Waals surface area (Å²) in [6.45, 7) is 8.74. The van der Waals surface area contributed by atoms with Crippen LogP contribution in [0.3, 0.4) is 0 Å². The summed E-state index contributed by atoms with van der Waals surface area (Å²) in [6, 6.07) is 0. The zero-order chi connectivity index (χ0) is 14.0. The van der Waals surface area contributed by atoms with Crippen molar-refractivity contribution in [3.05, 3.63) is 0 Å². The summed E-state index contributed by atoms with van der Waals surface area (Å²) in [5.41, 5.74) is -0.318. The van der Waals surface area contributed by atoms with Crippen molar-refractivity contribution >= 4 is 17.5 Å². The average molecular weight is 290 g/mol. The molecule has 0 aromatic rings. The molecule has 3 atom stereocenters. The van der Waals surface area contributed by atoms with E-state index in [0.29, 0.717) is 38.1 Å². The molecule has 1 amide bonds. The molecule has 4 nitrogen and oxygen atoms in total. The van der Waals surface area contributed by atoms with Crippen LogP contribution in [0.1, 0.15) is 27.2 Å². The predicted octanol–water partition coefficient (Wildman–Crippen LogP) is 1.90. The Morgan fingerprint density at radius 2 is 2.21 bits per heavy atom. The third-order valence-electron chi connectivity index (χ3n) is 3.92. The molecular weight excluding hydrogens is 266 g/mol. The van der Waals surface area contributed by atoms with Crippen LogP contribution in [-0.2, 0) is 14.3 Å². The van der Waals surface area contributed by atoms with Gasteiger partial charge in [-0.15, -0.1) is 11.6 Å². The van der Waals surface area contributed by atoms with E-state index >= 15 is 0 Å². The van der Waals surface area contributed by atoms with Crippen molar-refractivity contribution < 1.29 is 14.3 Å². The number of morpholine rings is 1. The highest BCUT2D eigenvalue weighted by molar-refractivity contribution is 6.18. The van der Waals surface area contributed by atoms with Crippen LogP contribution in [0.15, 0.2) is 0 Å². The number of carbonyl (C=O) groups excluding carboxylic acids is 1. The van der Waals surface area contributed by atoms with Crippen LogP contribution < -0.4 is 0 Å². The summed E-state index contributed by atoms with van der Waals surface area (Å²) >= 11 is 5.91. The number of hydrogen-bond acceptors (Lipinski definition) is 3. The zero-order valence-electron chi connectivity index (χ0n) is 12.0. The first-order valence-electron chi connectivity index (χ1n) is 7.03. The van der Waals surface area contributed by atoms with Crippen molar-refractivity contribution in [2.24, 2.45) is 11.8 Å². The van der Waals surface area contributed by atoms with E-state index in [4.69, 9.17) is 21.1 Å². The average Bonchev–Trinajstić information content (AvgIpc) is 2.36. The number of carbonyl (C=O) groups is 1. The second-order valence-electron chi connectivity index (χ2n) is 6.32. The maximum absolute atomic E-state index is 12.7. The number of ether oxygens (including phenoxy) is 2. The van der Waals surface area contributed by atoms with E-state index in [1.807, 2.05) is 18.7 Å². The monoisotopic (exact) mass is 289 g/mol. The third kappa shape index (κ3) is 3.61. The van der Waals surface area contributed by atoms with Crippen LogP contribution in [0.5, 0.6) is 0 Å². The van der Waals surface area contributed by atoms with Gasteiger partial charge in [0.15, 0.2) is 0 Å². The first-order chi connectivity index (χ1) is 8.93. The van der Waals surface area contributed by atoms with E-state index in [9.17, 15) is 4.79 Å².